The smallest absolute Gasteiger partial charge is 0.224 e. The molecule has 0 bridgehead atoms. The highest BCUT2D eigenvalue weighted by Crippen LogP contribution is 2.14. The van der Waals surface area contributed by atoms with E-state index in [1.54, 1.807) is 35.6 Å². The summed E-state index contributed by atoms with van der Waals surface area (Å²) in [6, 6.07) is 9.15. The highest BCUT2D eigenvalue weighted by molar-refractivity contribution is 7.07. The maximum Gasteiger partial charge on any atom is 0.224 e. The van der Waals surface area contributed by atoms with Crippen LogP contribution in [0.15, 0.2) is 41.1 Å². The minimum absolute atomic E-state index is 0.0264. The van der Waals surface area contributed by atoms with Gasteiger partial charge in [-0.1, -0.05) is 11.6 Å². The third kappa shape index (κ3) is 3.88. The summed E-state index contributed by atoms with van der Waals surface area (Å²) in [6.45, 7) is 0. The number of aryl methyl sites for hydroxylation is 1. The molecule has 1 heterocycles. The van der Waals surface area contributed by atoms with Crippen LogP contribution in [0.2, 0.25) is 5.02 Å². The number of thiophene rings is 1. The van der Waals surface area contributed by atoms with Crippen molar-refractivity contribution in [3.63, 3.8) is 0 Å². The summed E-state index contributed by atoms with van der Waals surface area (Å²) < 4.78 is 0. The van der Waals surface area contributed by atoms with Crippen LogP contribution in [0.1, 0.15) is 12.0 Å². The number of amides is 1. The molecule has 0 spiro atoms. The molecule has 0 aliphatic heterocycles. The van der Waals surface area contributed by atoms with Crippen molar-refractivity contribution in [3.8, 4) is 0 Å². The van der Waals surface area contributed by atoms with Gasteiger partial charge in [0.2, 0.25) is 5.91 Å². The molecule has 0 unspecified atom stereocenters. The quantitative estimate of drug-likeness (QED) is 0.890. The average molecular weight is 266 g/mol. The van der Waals surface area contributed by atoms with Crippen LogP contribution in [0.25, 0.3) is 0 Å². The van der Waals surface area contributed by atoms with Crippen molar-refractivity contribution >= 4 is 34.5 Å². The van der Waals surface area contributed by atoms with Gasteiger partial charge in [-0.15, -0.1) is 0 Å². The van der Waals surface area contributed by atoms with Gasteiger partial charge in [-0.05, 0) is 53.1 Å². The van der Waals surface area contributed by atoms with Gasteiger partial charge < -0.3 is 5.32 Å². The van der Waals surface area contributed by atoms with E-state index in [4.69, 9.17) is 11.6 Å². The molecule has 1 N–H and O–H groups in total. The maximum atomic E-state index is 11.7. The van der Waals surface area contributed by atoms with Gasteiger partial charge in [0, 0.05) is 17.1 Å². The fourth-order valence-electron chi connectivity index (χ4n) is 1.45. The fourth-order valence-corrected chi connectivity index (χ4v) is 2.28. The standard InChI is InChI=1S/C13H12ClNOS/c14-11-2-4-12(5-3-11)15-13(16)6-1-10-7-8-17-9-10/h2-5,7-9H,1,6H2,(H,15,16). The van der Waals surface area contributed by atoms with Gasteiger partial charge in [0.15, 0.2) is 0 Å². The van der Waals surface area contributed by atoms with Crippen LogP contribution in [0.3, 0.4) is 0 Å². The molecule has 0 saturated carbocycles. The molecule has 0 saturated heterocycles. The lowest BCUT2D eigenvalue weighted by molar-refractivity contribution is -0.116. The molecule has 0 fully saturated rings. The summed E-state index contributed by atoms with van der Waals surface area (Å²) in [5.41, 5.74) is 1.99. The third-order valence-electron chi connectivity index (χ3n) is 2.35. The van der Waals surface area contributed by atoms with E-state index in [1.165, 1.54) is 5.56 Å². The van der Waals surface area contributed by atoms with Crippen molar-refractivity contribution < 1.29 is 4.79 Å². The first-order valence-electron chi connectivity index (χ1n) is 5.30. The van der Waals surface area contributed by atoms with Crippen molar-refractivity contribution in [1.82, 2.24) is 0 Å². The van der Waals surface area contributed by atoms with Crippen LogP contribution < -0.4 is 5.32 Å². The van der Waals surface area contributed by atoms with Crippen molar-refractivity contribution in [2.24, 2.45) is 0 Å². The topological polar surface area (TPSA) is 29.1 Å². The first kappa shape index (κ1) is 12.1. The Bertz CT molecular complexity index is 479. The minimum Gasteiger partial charge on any atom is -0.326 e. The van der Waals surface area contributed by atoms with E-state index in [-0.39, 0.29) is 5.91 Å². The van der Waals surface area contributed by atoms with E-state index in [9.17, 15) is 4.79 Å². The summed E-state index contributed by atoms with van der Waals surface area (Å²) in [5.74, 6) is 0.0264. The van der Waals surface area contributed by atoms with Crippen molar-refractivity contribution in [1.29, 1.82) is 0 Å². The molecule has 1 amide bonds. The van der Waals surface area contributed by atoms with Gasteiger partial charge in [-0.25, -0.2) is 0 Å². The molecule has 0 aliphatic rings. The fraction of sp³-hybridized carbons (Fsp3) is 0.154. The Labute approximate surface area is 109 Å². The van der Waals surface area contributed by atoms with Gasteiger partial charge in [0.25, 0.3) is 0 Å². The van der Waals surface area contributed by atoms with Gasteiger partial charge >= 0.3 is 0 Å². The number of benzene rings is 1. The summed E-state index contributed by atoms with van der Waals surface area (Å²) >= 11 is 7.42. The zero-order valence-corrected chi connectivity index (χ0v) is 10.7. The van der Waals surface area contributed by atoms with E-state index in [1.807, 2.05) is 11.4 Å². The van der Waals surface area contributed by atoms with E-state index in [2.05, 4.69) is 10.7 Å². The highest BCUT2D eigenvalue weighted by atomic mass is 35.5. The van der Waals surface area contributed by atoms with E-state index in [0.717, 1.165) is 12.1 Å². The largest absolute Gasteiger partial charge is 0.326 e. The van der Waals surface area contributed by atoms with E-state index in [0.29, 0.717) is 11.4 Å². The molecular formula is C13H12ClNOS. The first-order chi connectivity index (χ1) is 8.24. The molecule has 1 aromatic heterocycles. The monoisotopic (exact) mass is 265 g/mol. The summed E-state index contributed by atoms with van der Waals surface area (Å²) in [4.78, 5) is 11.7. The van der Waals surface area contributed by atoms with Gasteiger partial charge in [0.1, 0.15) is 0 Å². The second-order valence-electron chi connectivity index (χ2n) is 3.69. The molecule has 0 aliphatic carbocycles. The Morgan fingerprint density at radius 2 is 2.00 bits per heavy atom. The Hall–Kier alpha value is -1.32. The van der Waals surface area contributed by atoms with Crippen LogP contribution >= 0.6 is 22.9 Å². The maximum absolute atomic E-state index is 11.7. The SMILES string of the molecule is O=C(CCc1ccsc1)Nc1ccc(Cl)cc1. The van der Waals surface area contributed by atoms with E-state index < -0.39 is 0 Å². The minimum atomic E-state index is 0.0264. The molecule has 2 rings (SSSR count). The van der Waals surface area contributed by atoms with Gasteiger partial charge in [-0.2, -0.15) is 11.3 Å². The molecule has 17 heavy (non-hydrogen) atoms. The molecule has 4 heteroatoms. The summed E-state index contributed by atoms with van der Waals surface area (Å²) in [7, 11) is 0. The van der Waals surface area contributed by atoms with Crippen LogP contribution in [0.5, 0.6) is 0 Å². The molecule has 2 nitrogen and oxygen atoms in total. The number of rotatable bonds is 4. The summed E-state index contributed by atoms with van der Waals surface area (Å²) in [6.07, 6.45) is 1.28. The van der Waals surface area contributed by atoms with Gasteiger partial charge in [0.05, 0.1) is 0 Å². The number of hydrogen-bond acceptors (Lipinski definition) is 2. The van der Waals surface area contributed by atoms with Crippen molar-refractivity contribution in [3.05, 3.63) is 51.7 Å². The molecule has 2 aromatic rings. The van der Waals surface area contributed by atoms with E-state index >= 15 is 0 Å². The van der Waals surface area contributed by atoms with Crippen LogP contribution in [-0.4, -0.2) is 5.91 Å². The molecule has 1 aromatic carbocycles. The first-order valence-corrected chi connectivity index (χ1v) is 6.62. The van der Waals surface area contributed by atoms with Crippen molar-refractivity contribution in [2.75, 3.05) is 5.32 Å². The lowest BCUT2D eigenvalue weighted by Gasteiger charge is -2.04. The van der Waals surface area contributed by atoms with Gasteiger partial charge in [-0.3, -0.25) is 4.79 Å². The predicted octanol–water partition coefficient (Wildman–Crippen LogP) is 3.97. The number of nitrogens with one attached hydrogen (secondary N) is 1. The lowest BCUT2D eigenvalue weighted by atomic mass is 10.2. The highest BCUT2D eigenvalue weighted by Gasteiger charge is 2.03. The number of halogens is 1. The average Bonchev–Trinajstić information content (AvgIpc) is 2.83. The Kier molecular flexibility index (Phi) is 4.18. The predicted molar refractivity (Wildman–Crippen MR) is 72.7 cm³/mol. The van der Waals surface area contributed by atoms with Crippen LogP contribution in [0.4, 0.5) is 5.69 Å². The second kappa shape index (κ2) is 5.84. The molecular weight excluding hydrogens is 254 g/mol. The Balaban J connectivity index is 1.83. The normalized spacial score (nSPS) is 10.2. The second-order valence-corrected chi connectivity index (χ2v) is 4.90. The summed E-state index contributed by atoms with van der Waals surface area (Å²) in [5, 5.41) is 7.59. The zero-order valence-electron chi connectivity index (χ0n) is 9.15. The zero-order chi connectivity index (χ0) is 12.1. The van der Waals surface area contributed by atoms with Crippen LogP contribution in [0, 0.1) is 0 Å². The third-order valence-corrected chi connectivity index (χ3v) is 3.33. The van der Waals surface area contributed by atoms with Crippen molar-refractivity contribution in [2.45, 2.75) is 12.8 Å². The molecule has 88 valence electrons. The number of hydrogen-bond donors (Lipinski definition) is 1. The number of carbonyl (C=O) groups excluding carboxylic acids is 1. The molecule has 0 atom stereocenters. The Morgan fingerprint density at radius 1 is 1.24 bits per heavy atom. The number of carbonyl (C=O) groups is 1. The Morgan fingerprint density at radius 3 is 2.65 bits per heavy atom. The molecule has 0 radical (unpaired) electrons. The number of anilines is 1. The lowest BCUT2D eigenvalue weighted by Crippen LogP contribution is -2.11. The van der Waals surface area contributed by atoms with Crippen LogP contribution in [-0.2, 0) is 11.2 Å².